The van der Waals surface area contributed by atoms with Crippen molar-refractivity contribution in [2.45, 2.75) is 58.0 Å². The molecule has 3 rings (SSSR count). The molecule has 1 aliphatic rings. The Hall–Kier alpha value is -2.15. The van der Waals surface area contributed by atoms with Crippen molar-refractivity contribution < 1.29 is 13.9 Å². The van der Waals surface area contributed by atoms with Gasteiger partial charge >= 0.3 is 6.09 Å². The van der Waals surface area contributed by atoms with Crippen molar-refractivity contribution >= 4 is 23.1 Å². The highest BCUT2D eigenvalue weighted by atomic mass is 32.1. The maximum Gasteiger partial charge on any atom is 0.404 e. The van der Waals surface area contributed by atoms with Gasteiger partial charge in [-0.25, -0.2) is 14.2 Å². The monoisotopic (exact) mass is 393 g/mol. The zero-order valence-electron chi connectivity index (χ0n) is 16.1. The molecule has 1 fully saturated rings. The quantitative estimate of drug-likeness (QED) is 0.716. The van der Waals surface area contributed by atoms with E-state index in [1.807, 2.05) is 18.3 Å². The second kappa shape index (κ2) is 10.3. The van der Waals surface area contributed by atoms with Crippen LogP contribution in [-0.4, -0.2) is 24.2 Å². The number of rotatable bonds is 4. The Balaban J connectivity index is 0.000000321. The van der Waals surface area contributed by atoms with Crippen molar-refractivity contribution in [1.29, 1.82) is 0 Å². The van der Waals surface area contributed by atoms with E-state index in [4.69, 9.17) is 0 Å². The SMILES string of the molecule is CC(C)OC(N)=O.CNc1ccc(-c2cnc(C3CCCCC3)s2)c(F)c1. The molecule has 1 heterocycles. The lowest BCUT2D eigenvalue weighted by Crippen LogP contribution is -2.17. The number of aromatic nitrogens is 1. The molecule has 1 saturated carbocycles. The first-order valence-corrected chi connectivity index (χ1v) is 10.1. The average molecular weight is 394 g/mol. The van der Waals surface area contributed by atoms with Crippen LogP contribution in [0, 0.1) is 5.82 Å². The van der Waals surface area contributed by atoms with Gasteiger partial charge in [0.2, 0.25) is 0 Å². The molecule has 27 heavy (non-hydrogen) atoms. The number of nitrogens with one attached hydrogen (secondary N) is 1. The fourth-order valence-corrected chi connectivity index (χ4v) is 4.17. The number of hydrogen-bond acceptors (Lipinski definition) is 5. The van der Waals surface area contributed by atoms with Gasteiger partial charge in [-0.05, 0) is 44.9 Å². The summed E-state index contributed by atoms with van der Waals surface area (Å²) in [6, 6.07) is 5.27. The Morgan fingerprint density at radius 1 is 1.33 bits per heavy atom. The van der Waals surface area contributed by atoms with Crippen molar-refractivity contribution in [2.24, 2.45) is 5.73 Å². The van der Waals surface area contributed by atoms with Crippen LogP contribution in [0.15, 0.2) is 24.4 Å². The van der Waals surface area contributed by atoms with Crippen LogP contribution in [0.4, 0.5) is 14.9 Å². The van der Waals surface area contributed by atoms with E-state index in [1.165, 1.54) is 43.2 Å². The molecule has 7 heteroatoms. The minimum Gasteiger partial charge on any atom is -0.447 e. The van der Waals surface area contributed by atoms with Gasteiger partial charge in [0.1, 0.15) is 5.82 Å². The Labute approximate surface area is 164 Å². The summed E-state index contributed by atoms with van der Waals surface area (Å²) < 4.78 is 18.5. The van der Waals surface area contributed by atoms with Gasteiger partial charge in [-0.15, -0.1) is 11.3 Å². The molecule has 0 spiro atoms. The van der Waals surface area contributed by atoms with Crippen molar-refractivity contribution in [2.75, 3.05) is 12.4 Å². The van der Waals surface area contributed by atoms with Crippen molar-refractivity contribution in [3.63, 3.8) is 0 Å². The van der Waals surface area contributed by atoms with Crippen LogP contribution in [-0.2, 0) is 4.74 Å². The fraction of sp³-hybridized carbons (Fsp3) is 0.500. The molecule has 0 radical (unpaired) electrons. The molecular formula is C20H28FN3O2S. The first-order valence-electron chi connectivity index (χ1n) is 9.30. The van der Waals surface area contributed by atoms with Gasteiger partial charge in [0.25, 0.3) is 0 Å². The lowest BCUT2D eigenvalue weighted by Gasteiger charge is -2.18. The van der Waals surface area contributed by atoms with Crippen LogP contribution in [0.3, 0.4) is 0 Å². The van der Waals surface area contributed by atoms with Crippen LogP contribution < -0.4 is 11.1 Å². The highest BCUT2D eigenvalue weighted by Gasteiger charge is 2.19. The predicted molar refractivity (Wildman–Crippen MR) is 109 cm³/mol. The molecule has 1 aromatic carbocycles. The first-order chi connectivity index (χ1) is 12.9. The van der Waals surface area contributed by atoms with Crippen LogP contribution in [0.5, 0.6) is 0 Å². The number of thiazole rings is 1. The highest BCUT2D eigenvalue weighted by Crippen LogP contribution is 2.38. The van der Waals surface area contributed by atoms with E-state index in [1.54, 1.807) is 32.2 Å². The molecule has 1 aliphatic carbocycles. The van der Waals surface area contributed by atoms with Crippen LogP contribution in [0.25, 0.3) is 10.4 Å². The van der Waals surface area contributed by atoms with E-state index in [9.17, 15) is 9.18 Å². The second-order valence-electron chi connectivity index (χ2n) is 6.83. The predicted octanol–water partition coefficient (Wildman–Crippen LogP) is 5.53. The zero-order chi connectivity index (χ0) is 19.8. The lowest BCUT2D eigenvalue weighted by atomic mass is 9.90. The third-order valence-corrected chi connectivity index (χ3v) is 5.55. The third kappa shape index (κ3) is 6.50. The number of nitrogens with zero attached hydrogens (tertiary/aromatic N) is 1. The highest BCUT2D eigenvalue weighted by molar-refractivity contribution is 7.15. The van der Waals surface area contributed by atoms with Crippen LogP contribution >= 0.6 is 11.3 Å². The maximum atomic E-state index is 14.1. The third-order valence-electron chi connectivity index (χ3n) is 4.35. The molecule has 0 unspecified atom stereocenters. The summed E-state index contributed by atoms with van der Waals surface area (Å²) in [7, 11) is 1.79. The van der Waals surface area contributed by atoms with Crippen LogP contribution in [0.2, 0.25) is 0 Å². The molecule has 0 atom stereocenters. The Bertz CT molecular complexity index is 743. The summed E-state index contributed by atoms with van der Waals surface area (Å²) in [6.07, 6.45) is 7.41. The fourth-order valence-electron chi connectivity index (χ4n) is 3.05. The van der Waals surface area contributed by atoms with Gasteiger partial charge in [-0.1, -0.05) is 19.3 Å². The number of ether oxygens (including phenoxy) is 1. The molecule has 0 aliphatic heterocycles. The van der Waals surface area contributed by atoms with E-state index in [2.05, 4.69) is 20.8 Å². The molecule has 1 amide bonds. The average Bonchev–Trinajstić information content (AvgIpc) is 3.11. The Morgan fingerprint density at radius 3 is 2.56 bits per heavy atom. The van der Waals surface area contributed by atoms with Gasteiger partial charge < -0.3 is 15.8 Å². The molecule has 148 valence electrons. The van der Waals surface area contributed by atoms with Crippen molar-refractivity contribution in [3.05, 3.63) is 35.2 Å². The van der Waals surface area contributed by atoms with E-state index in [0.717, 1.165) is 10.6 Å². The number of anilines is 1. The van der Waals surface area contributed by atoms with Crippen molar-refractivity contribution in [1.82, 2.24) is 4.98 Å². The maximum absolute atomic E-state index is 14.1. The number of nitrogens with two attached hydrogens (primary N) is 1. The zero-order valence-corrected chi connectivity index (χ0v) is 16.9. The number of halogens is 1. The lowest BCUT2D eigenvalue weighted by molar-refractivity contribution is 0.125. The molecular weight excluding hydrogens is 365 g/mol. The number of carbonyl (C=O) groups is 1. The standard InChI is InChI=1S/C16H19FN2S.C4H9NO2/c1-18-12-7-8-13(14(17)9-12)15-10-19-16(20-15)11-5-3-2-4-6-11;1-3(2)7-4(5)6/h7-11,18H,2-6H2,1H3;3H,1-2H3,(H2,5,6). The molecule has 3 N–H and O–H groups in total. The largest absolute Gasteiger partial charge is 0.447 e. The minimum absolute atomic E-state index is 0.0995. The van der Waals surface area contributed by atoms with Crippen molar-refractivity contribution in [3.8, 4) is 10.4 Å². The summed E-state index contributed by atoms with van der Waals surface area (Å²) in [6.45, 7) is 3.48. The first kappa shape index (κ1) is 21.2. The van der Waals surface area contributed by atoms with Gasteiger partial charge in [0.15, 0.2) is 0 Å². The number of hydrogen-bond donors (Lipinski definition) is 2. The molecule has 2 aromatic rings. The summed E-state index contributed by atoms with van der Waals surface area (Å²) in [4.78, 5) is 15.3. The summed E-state index contributed by atoms with van der Waals surface area (Å²) in [5.41, 5.74) is 6.08. The molecule has 5 nitrogen and oxygen atoms in total. The molecule has 0 bridgehead atoms. The smallest absolute Gasteiger partial charge is 0.404 e. The van der Waals surface area contributed by atoms with E-state index >= 15 is 0 Å². The van der Waals surface area contributed by atoms with E-state index in [-0.39, 0.29) is 11.9 Å². The van der Waals surface area contributed by atoms with Gasteiger partial charge in [0, 0.05) is 30.4 Å². The number of primary amides is 1. The Morgan fingerprint density at radius 2 is 2.04 bits per heavy atom. The second-order valence-corrected chi connectivity index (χ2v) is 7.89. The molecule has 1 aromatic heterocycles. The molecule has 0 saturated heterocycles. The minimum atomic E-state index is -0.713. The summed E-state index contributed by atoms with van der Waals surface area (Å²) in [5.74, 6) is 0.401. The van der Waals surface area contributed by atoms with Gasteiger partial charge in [0.05, 0.1) is 16.0 Å². The number of amides is 1. The number of carbonyl (C=O) groups excluding carboxylic acids is 1. The topological polar surface area (TPSA) is 77.2 Å². The van der Waals surface area contributed by atoms with Gasteiger partial charge in [-0.2, -0.15) is 0 Å². The van der Waals surface area contributed by atoms with Crippen LogP contribution in [0.1, 0.15) is 56.9 Å². The summed E-state index contributed by atoms with van der Waals surface area (Å²) in [5, 5.41) is 4.13. The normalized spacial score (nSPS) is 14.4. The van der Waals surface area contributed by atoms with E-state index < -0.39 is 6.09 Å². The Kier molecular flexibility index (Phi) is 8.03. The van der Waals surface area contributed by atoms with E-state index in [0.29, 0.717) is 11.5 Å². The summed E-state index contributed by atoms with van der Waals surface area (Å²) >= 11 is 1.65. The van der Waals surface area contributed by atoms with Gasteiger partial charge in [-0.3, -0.25) is 0 Å². The number of benzene rings is 1.